The molecule has 0 aliphatic rings. The molecule has 1 rings (SSSR count). The van der Waals surface area contributed by atoms with Crippen molar-refractivity contribution in [3.8, 4) is 0 Å². The van der Waals surface area contributed by atoms with Gasteiger partial charge in [-0.2, -0.15) is 0 Å². The summed E-state index contributed by atoms with van der Waals surface area (Å²) in [6, 6.07) is 4.69. The van der Waals surface area contributed by atoms with Crippen LogP contribution in [0.4, 0.5) is 5.69 Å². The molecule has 0 aliphatic heterocycles. The molecule has 0 saturated carbocycles. The normalized spacial score (nSPS) is 10.4. The highest BCUT2D eigenvalue weighted by molar-refractivity contribution is 5.94. The van der Waals surface area contributed by atoms with Gasteiger partial charge in [0.15, 0.2) is 0 Å². The van der Waals surface area contributed by atoms with E-state index < -0.39 is 11.9 Å². The van der Waals surface area contributed by atoms with Crippen molar-refractivity contribution in [2.24, 2.45) is 5.73 Å². The first-order valence-corrected chi connectivity index (χ1v) is 5.08. The average molecular weight is 234 g/mol. The number of ether oxygens (including phenoxy) is 1. The van der Waals surface area contributed by atoms with Crippen LogP contribution in [0.25, 0.3) is 6.08 Å². The summed E-state index contributed by atoms with van der Waals surface area (Å²) in [4.78, 5) is 22.1. The molecule has 0 aromatic heterocycles. The summed E-state index contributed by atoms with van der Waals surface area (Å²) < 4.78 is 4.85. The van der Waals surface area contributed by atoms with Crippen LogP contribution >= 0.6 is 0 Å². The maximum absolute atomic E-state index is 11.5. The van der Waals surface area contributed by atoms with Crippen LogP contribution in [0.15, 0.2) is 24.3 Å². The van der Waals surface area contributed by atoms with Gasteiger partial charge in [-0.1, -0.05) is 0 Å². The zero-order valence-corrected chi connectivity index (χ0v) is 9.47. The predicted molar refractivity (Wildman–Crippen MR) is 65.0 cm³/mol. The largest absolute Gasteiger partial charge is 0.462 e. The molecule has 5 nitrogen and oxygen atoms in total. The number of rotatable bonds is 4. The van der Waals surface area contributed by atoms with Gasteiger partial charge in [0.25, 0.3) is 0 Å². The van der Waals surface area contributed by atoms with Crippen LogP contribution in [-0.2, 0) is 9.53 Å². The average Bonchev–Trinajstić information content (AvgIpc) is 2.28. The lowest BCUT2D eigenvalue weighted by Crippen LogP contribution is -2.06. The molecule has 0 bridgehead atoms. The van der Waals surface area contributed by atoms with Crippen LogP contribution in [0.2, 0.25) is 0 Å². The molecular formula is C12H14N2O3. The molecule has 1 aromatic rings. The first kappa shape index (κ1) is 12.8. The molecule has 0 heterocycles. The summed E-state index contributed by atoms with van der Waals surface area (Å²) in [5.41, 5.74) is 12.1. The number of carbonyl (C=O) groups excluding carboxylic acids is 2. The minimum absolute atomic E-state index is 0.301. The monoisotopic (exact) mass is 234 g/mol. The van der Waals surface area contributed by atoms with Crippen molar-refractivity contribution in [3.05, 3.63) is 35.4 Å². The van der Waals surface area contributed by atoms with E-state index in [1.807, 2.05) is 0 Å². The third-order valence-corrected chi connectivity index (χ3v) is 2.03. The van der Waals surface area contributed by atoms with Crippen molar-refractivity contribution in [2.45, 2.75) is 6.92 Å². The van der Waals surface area contributed by atoms with Gasteiger partial charge in [-0.3, -0.25) is 4.79 Å². The van der Waals surface area contributed by atoms with Gasteiger partial charge in [0, 0.05) is 11.8 Å². The summed E-state index contributed by atoms with van der Waals surface area (Å²) in [5, 5.41) is 0. The predicted octanol–water partition coefficient (Wildman–Crippen LogP) is 0.944. The summed E-state index contributed by atoms with van der Waals surface area (Å²) in [6.45, 7) is 2.03. The SMILES string of the molecule is CCOC(=O)c1ccc(N)c(C=CC(N)=O)c1. The van der Waals surface area contributed by atoms with Gasteiger partial charge in [-0.15, -0.1) is 0 Å². The Hall–Kier alpha value is -2.30. The van der Waals surface area contributed by atoms with Gasteiger partial charge < -0.3 is 16.2 Å². The Labute approximate surface area is 99.0 Å². The van der Waals surface area contributed by atoms with E-state index in [4.69, 9.17) is 16.2 Å². The Balaban J connectivity index is 3.02. The van der Waals surface area contributed by atoms with Crippen LogP contribution in [0.1, 0.15) is 22.8 Å². The minimum atomic E-state index is -0.578. The van der Waals surface area contributed by atoms with Gasteiger partial charge in [-0.05, 0) is 36.8 Å². The summed E-state index contributed by atoms with van der Waals surface area (Å²) >= 11 is 0. The summed E-state index contributed by atoms with van der Waals surface area (Å²) in [6.07, 6.45) is 2.64. The Morgan fingerprint density at radius 1 is 1.41 bits per heavy atom. The van der Waals surface area contributed by atoms with E-state index in [-0.39, 0.29) is 0 Å². The number of benzene rings is 1. The fourth-order valence-corrected chi connectivity index (χ4v) is 1.23. The smallest absolute Gasteiger partial charge is 0.338 e. The highest BCUT2D eigenvalue weighted by Gasteiger charge is 2.07. The van der Waals surface area contributed by atoms with E-state index in [0.717, 1.165) is 0 Å². The molecule has 0 fully saturated rings. The second-order valence-electron chi connectivity index (χ2n) is 3.30. The molecule has 0 atom stereocenters. The Morgan fingerprint density at radius 2 is 2.12 bits per heavy atom. The van der Waals surface area contributed by atoms with Crippen molar-refractivity contribution in [1.29, 1.82) is 0 Å². The van der Waals surface area contributed by atoms with Crippen molar-refractivity contribution >= 4 is 23.6 Å². The zero-order valence-electron chi connectivity index (χ0n) is 9.47. The Bertz CT molecular complexity index is 467. The number of hydrogen-bond donors (Lipinski definition) is 2. The standard InChI is InChI=1S/C12H14N2O3/c1-2-17-12(16)9-3-5-10(13)8(7-9)4-6-11(14)15/h3-7H,2,13H2,1H3,(H2,14,15). The molecule has 0 saturated heterocycles. The van der Waals surface area contributed by atoms with Gasteiger partial charge in [0.1, 0.15) is 0 Å². The maximum atomic E-state index is 11.5. The van der Waals surface area contributed by atoms with Gasteiger partial charge >= 0.3 is 5.97 Å². The van der Waals surface area contributed by atoms with Crippen LogP contribution in [0.3, 0.4) is 0 Å². The van der Waals surface area contributed by atoms with Crippen molar-refractivity contribution in [1.82, 2.24) is 0 Å². The molecular weight excluding hydrogens is 220 g/mol. The van der Waals surface area contributed by atoms with Gasteiger partial charge in [0.2, 0.25) is 5.91 Å². The first-order valence-electron chi connectivity index (χ1n) is 5.08. The maximum Gasteiger partial charge on any atom is 0.338 e. The van der Waals surface area contributed by atoms with Gasteiger partial charge in [0.05, 0.1) is 12.2 Å². The molecule has 0 aliphatic carbocycles. The first-order chi connectivity index (χ1) is 8.04. The van der Waals surface area contributed by atoms with Crippen LogP contribution in [0, 0.1) is 0 Å². The number of esters is 1. The van der Waals surface area contributed by atoms with E-state index in [9.17, 15) is 9.59 Å². The molecule has 1 amide bonds. The Morgan fingerprint density at radius 3 is 2.71 bits per heavy atom. The highest BCUT2D eigenvalue weighted by Crippen LogP contribution is 2.16. The van der Waals surface area contributed by atoms with Crippen molar-refractivity contribution in [3.63, 3.8) is 0 Å². The lowest BCUT2D eigenvalue weighted by Gasteiger charge is -2.05. The topological polar surface area (TPSA) is 95.4 Å². The van der Waals surface area contributed by atoms with E-state index >= 15 is 0 Å². The molecule has 1 aromatic carbocycles. The van der Waals surface area contributed by atoms with E-state index in [1.54, 1.807) is 25.1 Å². The van der Waals surface area contributed by atoms with E-state index in [1.165, 1.54) is 12.2 Å². The quantitative estimate of drug-likeness (QED) is 0.460. The van der Waals surface area contributed by atoms with Crippen LogP contribution in [-0.4, -0.2) is 18.5 Å². The second kappa shape index (κ2) is 5.69. The van der Waals surface area contributed by atoms with Crippen LogP contribution < -0.4 is 11.5 Å². The summed E-state index contributed by atoms with van der Waals surface area (Å²) in [5.74, 6) is -1.01. The number of amides is 1. The molecule has 4 N–H and O–H groups in total. The number of nitrogen functional groups attached to an aromatic ring is 1. The fourth-order valence-electron chi connectivity index (χ4n) is 1.23. The molecule has 0 spiro atoms. The minimum Gasteiger partial charge on any atom is -0.462 e. The second-order valence-corrected chi connectivity index (χ2v) is 3.30. The third kappa shape index (κ3) is 3.64. The van der Waals surface area contributed by atoms with Crippen LogP contribution in [0.5, 0.6) is 0 Å². The molecule has 0 radical (unpaired) electrons. The number of anilines is 1. The molecule has 90 valence electrons. The number of primary amides is 1. The van der Waals surface area contributed by atoms with Crippen molar-refractivity contribution in [2.75, 3.05) is 12.3 Å². The number of hydrogen-bond acceptors (Lipinski definition) is 4. The van der Waals surface area contributed by atoms with Gasteiger partial charge in [-0.25, -0.2) is 4.79 Å². The number of carbonyl (C=O) groups is 2. The van der Waals surface area contributed by atoms with E-state index in [2.05, 4.69) is 0 Å². The molecule has 17 heavy (non-hydrogen) atoms. The highest BCUT2D eigenvalue weighted by atomic mass is 16.5. The fraction of sp³-hybridized carbons (Fsp3) is 0.167. The van der Waals surface area contributed by atoms with E-state index in [0.29, 0.717) is 23.4 Å². The lowest BCUT2D eigenvalue weighted by molar-refractivity contribution is -0.113. The number of nitrogens with two attached hydrogens (primary N) is 2. The van der Waals surface area contributed by atoms with Crippen molar-refractivity contribution < 1.29 is 14.3 Å². The molecule has 0 unspecified atom stereocenters. The lowest BCUT2D eigenvalue weighted by atomic mass is 10.1. The summed E-state index contributed by atoms with van der Waals surface area (Å²) in [7, 11) is 0. The third-order valence-electron chi connectivity index (χ3n) is 2.03. The zero-order chi connectivity index (χ0) is 12.8. The Kier molecular flexibility index (Phi) is 4.28. The molecule has 5 heteroatoms.